The lowest BCUT2D eigenvalue weighted by atomic mass is 9.93. The third-order valence-corrected chi connectivity index (χ3v) is 4.39. The fourth-order valence-corrected chi connectivity index (χ4v) is 3.01. The van der Waals surface area contributed by atoms with Crippen LogP contribution in [0.1, 0.15) is 29.6 Å². The van der Waals surface area contributed by atoms with Crippen LogP contribution in [-0.4, -0.2) is 49.7 Å². The van der Waals surface area contributed by atoms with Crippen molar-refractivity contribution in [3.05, 3.63) is 29.8 Å². The van der Waals surface area contributed by atoms with Crippen molar-refractivity contribution in [1.82, 2.24) is 10.6 Å². The normalized spacial score (nSPS) is 22.1. The first-order chi connectivity index (χ1) is 11.1. The number of hydrogen-bond donors (Lipinski definition) is 2. The number of ketones is 2. The van der Waals surface area contributed by atoms with Gasteiger partial charge in [-0.1, -0.05) is 0 Å². The van der Waals surface area contributed by atoms with Gasteiger partial charge >= 0.3 is 0 Å². The molecule has 1 saturated heterocycles. The predicted molar refractivity (Wildman–Crippen MR) is 86.6 cm³/mol. The molecule has 1 aromatic carbocycles. The Morgan fingerprint density at radius 3 is 2.48 bits per heavy atom. The van der Waals surface area contributed by atoms with Gasteiger partial charge in [0.25, 0.3) is 5.91 Å². The van der Waals surface area contributed by atoms with Gasteiger partial charge in [-0.2, -0.15) is 0 Å². The number of anilines is 1. The smallest absolute Gasteiger partial charge is 0.251 e. The third-order valence-electron chi connectivity index (χ3n) is 4.39. The lowest BCUT2D eigenvalue weighted by Crippen LogP contribution is -2.44. The van der Waals surface area contributed by atoms with Crippen molar-refractivity contribution < 1.29 is 14.4 Å². The van der Waals surface area contributed by atoms with E-state index < -0.39 is 6.04 Å². The number of piperazine rings is 1. The van der Waals surface area contributed by atoms with Gasteiger partial charge in [-0.15, -0.1) is 0 Å². The lowest BCUT2D eigenvalue weighted by Gasteiger charge is -2.29. The second-order valence-corrected chi connectivity index (χ2v) is 6.03. The van der Waals surface area contributed by atoms with Crippen LogP contribution in [0.5, 0.6) is 0 Å². The Hall–Kier alpha value is -2.21. The van der Waals surface area contributed by atoms with Gasteiger partial charge in [0.2, 0.25) is 0 Å². The van der Waals surface area contributed by atoms with Gasteiger partial charge < -0.3 is 15.5 Å². The maximum Gasteiger partial charge on any atom is 0.251 e. The maximum absolute atomic E-state index is 12.3. The summed E-state index contributed by atoms with van der Waals surface area (Å²) in [5.41, 5.74) is 1.64. The Kier molecular flexibility index (Phi) is 4.71. The molecule has 1 aromatic rings. The van der Waals surface area contributed by atoms with E-state index in [1.165, 1.54) is 0 Å². The summed E-state index contributed by atoms with van der Waals surface area (Å²) >= 11 is 0. The van der Waals surface area contributed by atoms with E-state index >= 15 is 0 Å². The van der Waals surface area contributed by atoms with E-state index in [-0.39, 0.29) is 23.9 Å². The number of amides is 1. The molecule has 122 valence electrons. The van der Waals surface area contributed by atoms with E-state index in [9.17, 15) is 14.4 Å². The Labute approximate surface area is 135 Å². The Morgan fingerprint density at radius 1 is 1.13 bits per heavy atom. The minimum atomic E-state index is -0.534. The van der Waals surface area contributed by atoms with Gasteiger partial charge in [0.1, 0.15) is 5.78 Å². The van der Waals surface area contributed by atoms with Gasteiger partial charge in [-0.25, -0.2) is 0 Å². The summed E-state index contributed by atoms with van der Waals surface area (Å²) < 4.78 is 0. The molecule has 2 fully saturated rings. The van der Waals surface area contributed by atoms with Gasteiger partial charge in [0.05, 0.1) is 12.5 Å². The second-order valence-electron chi connectivity index (χ2n) is 6.03. The molecule has 0 radical (unpaired) electrons. The van der Waals surface area contributed by atoms with E-state index in [2.05, 4.69) is 15.5 Å². The average Bonchev–Trinajstić information content (AvgIpc) is 2.58. The van der Waals surface area contributed by atoms with Crippen molar-refractivity contribution in [2.45, 2.75) is 25.3 Å². The number of nitrogens with zero attached hydrogens (tertiary/aromatic N) is 1. The van der Waals surface area contributed by atoms with Crippen LogP contribution in [0.4, 0.5) is 5.69 Å². The first kappa shape index (κ1) is 15.7. The van der Waals surface area contributed by atoms with Crippen molar-refractivity contribution in [3.63, 3.8) is 0 Å². The summed E-state index contributed by atoms with van der Waals surface area (Å²) in [4.78, 5) is 37.5. The summed E-state index contributed by atoms with van der Waals surface area (Å²) in [5.74, 6) is -0.488. The molecule has 1 aliphatic carbocycles. The number of rotatable bonds is 3. The molecule has 6 nitrogen and oxygen atoms in total. The van der Waals surface area contributed by atoms with E-state index in [4.69, 9.17) is 0 Å². The van der Waals surface area contributed by atoms with Crippen LogP contribution in [0.3, 0.4) is 0 Å². The fraction of sp³-hybridized carbons (Fsp3) is 0.471. The largest absolute Gasteiger partial charge is 0.369 e. The number of carbonyl (C=O) groups is 3. The molecule has 1 atom stereocenters. The highest BCUT2D eigenvalue weighted by Crippen LogP contribution is 2.17. The first-order valence-corrected chi connectivity index (χ1v) is 8.04. The number of hydrogen-bond acceptors (Lipinski definition) is 5. The summed E-state index contributed by atoms with van der Waals surface area (Å²) in [6.07, 6.45) is 0.702. The molecule has 0 bridgehead atoms. The monoisotopic (exact) mass is 315 g/mol. The first-order valence-electron chi connectivity index (χ1n) is 8.04. The zero-order chi connectivity index (χ0) is 16.2. The fourth-order valence-electron chi connectivity index (χ4n) is 3.01. The van der Waals surface area contributed by atoms with Crippen LogP contribution >= 0.6 is 0 Å². The van der Waals surface area contributed by atoms with Crippen LogP contribution in [0.15, 0.2) is 24.3 Å². The molecule has 1 aliphatic heterocycles. The summed E-state index contributed by atoms with van der Waals surface area (Å²) in [6.45, 7) is 3.84. The number of Topliss-reactive ketones (excluding diaryl/α,β-unsaturated/α-hetero) is 2. The third kappa shape index (κ3) is 3.76. The molecular weight excluding hydrogens is 294 g/mol. The highest BCUT2D eigenvalue weighted by atomic mass is 16.2. The Balaban J connectivity index is 1.61. The Morgan fingerprint density at radius 2 is 1.83 bits per heavy atom. The minimum Gasteiger partial charge on any atom is -0.369 e. The zero-order valence-corrected chi connectivity index (χ0v) is 13.0. The van der Waals surface area contributed by atoms with E-state index in [1.807, 2.05) is 12.1 Å². The van der Waals surface area contributed by atoms with Crippen LogP contribution < -0.4 is 15.5 Å². The standard InChI is InChI=1S/C17H21N3O3/c21-14-5-6-15(16(22)11-14)19-17(23)12-1-3-13(4-2-12)20-9-7-18-8-10-20/h1-4,15,18H,5-11H2,(H,19,23). The molecule has 2 aliphatic rings. The van der Waals surface area contributed by atoms with Crippen molar-refractivity contribution in [3.8, 4) is 0 Å². The quantitative estimate of drug-likeness (QED) is 0.795. The van der Waals surface area contributed by atoms with Crippen LogP contribution in [0, 0.1) is 0 Å². The Bertz CT molecular complexity index is 606. The van der Waals surface area contributed by atoms with Crippen molar-refractivity contribution >= 4 is 23.2 Å². The summed E-state index contributed by atoms with van der Waals surface area (Å²) in [6, 6.07) is 6.91. The molecule has 2 N–H and O–H groups in total. The van der Waals surface area contributed by atoms with Crippen LogP contribution in [0.25, 0.3) is 0 Å². The van der Waals surface area contributed by atoms with E-state index in [1.54, 1.807) is 12.1 Å². The van der Waals surface area contributed by atoms with Gasteiger partial charge in [-0.05, 0) is 30.7 Å². The SMILES string of the molecule is O=C1CCC(NC(=O)c2ccc(N3CCNCC3)cc2)C(=O)C1. The summed E-state index contributed by atoms with van der Waals surface area (Å²) in [5, 5.41) is 6.05. The predicted octanol–water partition coefficient (Wildman–Crippen LogP) is 0.517. The van der Waals surface area contributed by atoms with Crippen molar-refractivity contribution in [1.29, 1.82) is 0 Å². The molecular formula is C17H21N3O3. The number of benzene rings is 1. The number of carbonyl (C=O) groups excluding carboxylic acids is 3. The van der Waals surface area contributed by atoms with E-state index in [0.717, 1.165) is 31.9 Å². The second kappa shape index (κ2) is 6.91. The lowest BCUT2D eigenvalue weighted by molar-refractivity contribution is -0.131. The van der Waals surface area contributed by atoms with Crippen molar-refractivity contribution in [2.24, 2.45) is 0 Å². The zero-order valence-electron chi connectivity index (χ0n) is 13.0. The van der Waals surface area contributed by atoms with Gasteiger partial charge in [0, 0.05) is 43.9 Å². The molecule has 3 rings (SSSR count). The van der Waals surface area contributed by atoms with E-state index in [0.29, 0.717) is 18.4 Å². The van der Waals surface area contributed by atoms with Gasteiger partial charge in [0.15, 0.2) is 5.78 Å². The maximum atomic E-state index is 12.3. The molecule has 0 spiro atoms. The van der Waals surface area contributed by atoms with Crippen molar-refractivity contribution in [2.75, 3.05) is 31.1 Å². The molecule has 1 unspecified atom stereocenters. The highest BCUT2D eigenvalue weighted by molar-refractivity contribution is 6.06. The minimum absolute atomic E-state index is 0.0409. The molecule has 0 aromatic heterocycles. The molecule has 23 heavy (non-hydrogen) atoms. The van der Waals surface area contributed by atoms with Gasteiger partial charge in [-0.3, -0.25) is 14.4 Å². The average molecular weight is 315 g/mol. The van der Waals surface area contributed by atoms with Crippen LogP contribution in [0.2, 0.25) is 0 Å². The topological polar surface area (TPSA) is 78.5 Å². The molecule has 1 amide bonds. The highest BCUT2D eigenvalue weighted by Gasteiger charge is 2.28. The number of nitrogens with one attached hydrogen (secondary N) is 2. The molecule has 1 saturated carbocycles. The molecule has 6 heteroatoms. The van der Waals surface area contributed by atoms with Crippen LogP contribution in [-0.2, 0) is 9.59 Å². The summed E-state index contributed by atoms with van der Waals surface area (Å²) in [7, 11) is 0. The molecule has 1 heterocycles.